The molecule has 1 unspecified atom stereocenters. The standard InChI is InChI=1S/C17H17N3O3/c21-11-14(19-13-5-2-1-3-6-13)9-12-10-18-15-7-4-8-16(17(12)15)20(22)23/h1-8,10,14,18-19,21H,9,11H2. The first-order valence-electron chi connectivity index (χ1n) is 7.35. The fraction of sp³-hybridized carbons (Fsp3) is 0.176. The number of para-hydroxylation sites is 1. The first kappa shape index (κ1) is 15.1. The van der Waals surface area contributed by atoms with E-state index < -0.39 is 0 Å². The maximum atomic E-state index is 11.2. The van der Waals surface area contributed by atoms with Gasteiger partial charge in [0.25, 0.3) is 5.69 Å². The SMILES string of the molecule is O=[N+]([O-])c1cccc2[nH]cc(CC(CO)Nc3ccccc3)c12. The average Bonchev–Trinajstić information content (AvgIpc) is 2.98. The minimum Gasteiger partial charge on any atom is -0.394 e. The second-order valence-electron chi connectivity index (χ2n) is 5.36. The lowest BCUT2D eigenvalue weighted by Gasteiger charge is -2.17. The van der Waals surface area contributed by atoms with Crippen molar-refractivity contribution < 1.29 is 10.0 Å². The molecule has 6 nitrogen and oxygen atoms in total. The van der Waals surface area contributed by atoms with E-state index in [2.05, 4.69) is 10.3 Å². The molecular formula is C17H17N3O3. The molecule has 6 heteroatoms. The van der Waals surface area contributed by atoms with E-state index in [9.17, 15) is 15.2 Å². The molecule has 0 aliphatic heterocycles. The van der Waals surface area contributed by atoms with Crippen LogP contribution in [0.15, 0.2) is 54.7 Å². The van der Waals surface area contributed by atoms with Crippen LogP contribution in [-0.4, -0.2) is 27.7 Å². The van der Waals surface area contributed by atoms with Gasteiger partial charge in [0.05, 0.1) is 28.5 Å². The second kappa shape index (κ2) is 6.50. The number of aliphatic hydroxyl groups excluding tert-OH is 1. The second-order valence-corrected chi connectivity index (χ2v) is 5.36. The first-order chi connectivity index (χ1) is 11.2. The highest BCUT2D eigenvalue weighted by atomic mass is 16.6. The number of hydrogen-bond donors (Lipinski definition) is 3. The Labute approximate surface area is 132 Å². The van der Waals surface area contributed by atoms with Crippen LogP contribution in [0.4, 0.5) is 11.4 Å². The number of aromatic amines is 1. The molecule has 23 heavy (non-hydrogen) atoms. The lowest BCUT2D eigenvalue weighted by Crippen LogP contribution is -2.26. The number of benzene rings is 2. The molecule has 3 N–H and O–H groups in total. The minimum atomic E-state index is -0.377. The molecule has 1 aromatic heterocycles. The molecule has 2 aromatic carbocycles. The fourth-order valence-corrected chi connectivity index (χ4v) is 2.74. The Balaban J connectivity index is 1.89. The van der Waals surface area contributed by atoms with Gasteiger partial charge in [0, 0.05) is 18.0 Å². The largest absolute Gasteiger partial charge is 0.394 e. The monoisotopic (exact) mass is 311 g/mol. The zero-order valence-corrected chi connectivity index (χ0v) is 12.4. The first-order valence-corrected chi connectivity index (χ1v) is 7.35. The van der Waals surface area contributed by atoms with Crippen LogP contribution in [0.3, 0.4) is 0 Å². The number of non-ortho nitro benzene ring substituents is 1. The Morgan fingerprint density at radius 1 is 1.17 bits per heavy atom. The highest BCUT2D eigenvalue weighted by Gasteiger charge is 2.19. The number of nitrogens with zero attached hydrogens (tertiary/aromatic N) is 1. The van der Waals surface area contributed by atoms with Crippen LogP contribution in [0, 0.1) is 10.1 Å². The van der Waals surface area contributed by atoms with E-state index in [1.165, 1.54) is 6.07 Å². The number of H-pyrrole nitrogens is 1. The normalized spacial score (nSPS) is 12.2. The van der Waals surface area contributed by atoms with E-state index in [4.69, 9.17) is 0 Å². The number of fused-ring (bicyclic) bond motifs is 1. The van der Waals surface area contributed by atoms with Crippen molar-refractivity contribution in [3.63, 3.8) is 0 Å². The van der Waals surface area contributed by atoms with Gasteiger partial charge in [-0.3, -0.25) is 10.1 Å². The van der Waals surface area contributed by atoms with Crippen molar-refractivity contribution in [1.29, 1.82) is 0 Å². The molecule has 3 aromatic rings. The van der Waals surface area contributed by atoms with Gasteiger partial charge in [-0.2, -0.15) is 0 Å². The van der Waals surface area contributed by atoms with Gasteiger partial charge in [0.2, 0.25) is 0 Å². The summed E-state index contributed by atoms with van der Waals surface area (Å²) in [6, 6.07) is 14.3. The molecule has 0 amide bonds. The van der Waals surface area contributed by atoms with Gasteiger partial charge in [-0.25, -0.2) is 0 Å². The van der Waals surface area contributed by atoms with Gasteiger partial charge >= 0.3 is 0 Å². The summed E-state index contributed by atoms with van der Waals surface area (Å²) in [6.07, 6.45) is 2.25. The quantitative estimate of drug-likeness (QED) is 0.482. The number of nitro benzene ring substituents is 1. The molecule has 0 saturated carbocycles. The smallest absolute Gasteiger partial charge is 0.279 e. The number of aromatic nitrogens is 1. The summed E-state index contributed by atoms with van der Waals surface area (Å²) in [4.78, 5) is 13.9. The van der Waals surface area contributed by atoms with Crippen LogP contribution in [-0.2, 0) is 6.42 Å². The third-order valence-electron chi connectivity index (χ3n) is 3.79. The van der Waals surface area contributed by atoms with Gasteiger partial charge in [-0.15, -0.1) is 0 Å². The minimum absolute atomic E-state index is 0.0673. The average molecular weight is 311 g/mol. The lowest BCUT2D eigenvalue weighted by molar-refractivity contribution is -0.383. The zero-order valence-electron chi connectivity index (χ0n) is 12.4. The predicted octanol–water partition coefficient (Wildman–Crippen LogP) is 3.09. The van der Waals surface area contributed by atoms with Crippen molar-refractivity contribution in [1.82, 2.24) is 4.98 Å². The number of aliphatic hydroxyl groups is 1. The Kier molecular flexibility index (Phi) is 4.25. The number of rotatable bonds is 6. The van der Waals surface area contributed by atoms with E-state index in [-0.39, 0.29) is 23.3 Å². The number of nitrogens with one attached hydrogen (secondary N) is 2. The summed E-state index contributed by atoms with van der Waals surface area (Å²) in [6.45, 7) is -0.0673. The third kappa shape index (κ3) is 3.17. The van der Waals surface area contributed by atoms with E-state index in [0.29, 0.717) is 11.8 Å². The molecule has 0 bridgehead atoms. The van der Waals surface area contributed by atoms with E-state index in [1.807, 2.05) is 36.4 Å². The van der Waals surface area contributed by atoms with Crippen LogP contribution in [0.25, 0.3) is 10.9 Å². The summed E-state index contributed by atoms with van der Waals surface area (Å²) in [5, 5.41) is 24.7. The molecule has 1 atom stereocenters. The highest BCUT2D eigenvalue weighted by Crippen LogP contribution is 2.29. The van der Waals surface area contributed by atoms with Crippen molar-refractivity contribution in [3.05, 3.63) is 70.4 Å². The Morgan fingerprint density at radius 2 is 1.96 bits per heavy atom. The van der Waals surface area contributed by atoms with Crippen LogP contribution in [0.2, 0.25) is 0 Å². The molecule has 0 fully saturated rings. The summed E-state index contributed by atoms with van der Waals surface area (Å²) in [5.41, 5.74) is 2.52. The summed E-state index contributed by atoms with van der Waals surface area (Å²) in [5.74, 6) is 0. The highest BCUT2D eigenvalue weighted by molar-refractivity contribution is 5.91. The summed E-state index contributed by atoms with van der Waals surface area (Å²) >= 11 is 0. The van der Waals surface area contributed by atoms with Gasteiger partial charge in [-0.1, -0.05) is 24.3 Å². The van der Waals surface area contributed by atoms with Crippen LogP contribution >= 0.6 is 0 Å². The molecule has 0 aliphatic rings. The molecule has 0 radical (unpaired) electrons. The van der Waals surface area contributed by atoms with Gasteiger partial charge in [0.1, 0.15) is 0 Å². The molecule has 1 heterocycles. The van der Waals surface area contributed by atoms with Gasteiger partial charge in [-0.05, 0) is 30.2 Å². The van der Waals surface area contributed by atoms with Crippen molar-refractivity contribution in [3.8, 4) is 0 Å². The molecule has 118 valence electrons. The number of hydrogen-bond acceptors (Lipinski definition) is 4. The maximum Gasteiger partial charge on any atom is 0.279 e. The zero-order chi connectivity index (χ0) is 16.2. The molecular weight excluding hydrogens is 294 g/mol. The van der Waals surface area contributed by atoms with Gasteiger partial charge in [0.15, 0.2) is 0 Å². The summed E-state index contributed by atoms with van der Waals surface area (Å²) in [7, 11) is 0. The molecule has 0 aliphatic carbocycles. The van der Waals surface area contributed by atoms with Crippen LogP contribution in [0.5, 0.6) is 0 Å². The Morgan fingerprint density at radius 3 is 2.65 bits per heavy atom. The predicted molar refractivity (Wildman–Crippen MR) is 89.6 cm³/mol. The van der Waals surface area contributed by atoms with E-state index >= 15 is 0 Å². The lowest BCUT2D eigenvalue weighted by atomic mass is 10.0. The van der Waals surface area contributed by atoms with Crippen molar-refractivity contribution in [2.75, 3.05) is 11.9 Å². The summed E-state index contributed by atoms with van der Waals surface area (Å²) < 4.78 is 0. The third-order valence-corrected chi connectivity index (χ3v) is 3.79. The van der Waals surface area contributed by atoms with Crippen molar-refractivity contribution in [2.24, 2.45) is 0 Å². The van der Waals surface area contributed by atoms with Crippen molar-refractivity contribution in [2.45, 2.75) is 12.5 Å². The Hall–Kier alpha value is -2.86. The number of nitro groups is 1. The number of anilines is 1. The molecule has 0 spiro atoms. The van der Waals surface area contributed by atoms with Crippen LogP contribution in [0.1, 0.15) is 5.56 Å². The molecule has 0 saturated heterocycles. The van der Waals surface area contributed by atoms with Gasteiger partial charge < -0.3 is 15.4 Å². The van der Waals surface area contributed by atoms with E-state index in [0.717, 1.165) is 16.8 Å². The molecule has 3 rings (SSSR count). The van der Waals surface area contributed by atoms with Crippen LogP contribution < -0.4 is 5.32 Å². The maximum absolute atomic E-state index is 11.2. The van der Waals surface area contributed by atoms with E-state index in [1.54, 1.807) is 12.3 Å². The topological polar surface area (TPSA) is 91.2 Å². The fourth-order valence-electron chi connectivity index (χ4n) is 2.74. The Bertz CT molecular complexity index is 814. The van der Waals surface area contributed by atoms with Crippen molar-refractivity contribution >= 4 is 22.3 Å².